The maximum Gasteiger partial charge on any atom is 0.290 e. The van der Waals surface area contributed by atoms with Crippen molar-refractivity contribution in [3.8, 4) is 5.75 Å². The van der Waals surface area contributed by atoms with Gasteiger partial charge in [-0.3, -0.25) is 19.4 Å². The summed E-state index contributed by atoms with van der Waals surface area (Å²) in [6.45, 7) is 2.82. The standard InChI is InChI=1S/C17H20N4O3.CH2O2/c1-11-6-13(15(24-2)8-18-11)17(23)21-5-3-4-12(9-21)14-7-16(22)20-10-19-14;2-1-3/h6-8,10,12H,3-5,9H2,1-2H3,(H,19,20,22);1H,(H,2,3). The van der Waals surface area contributed by atoms with Gasteiger partial charge in [0.05, 0.1) is 30.9 Å². The number of likely N-dealkylation sites (tertiary alicyclic amines) is 1. The van der Waals surface area contributed by atoms with Gasteiger partial charge in [0, 0.05) is 30.8 Å². The molecule has 3 heterocycles. The molecule has 1 aliphatic rings. The first-order chi connectivity index (χ1) is 13.0. The zero-order valence-electron chi connectivity index (χ0n) is 15.2. The molecule has 0 aromatic carbocycles. The van der Waals surface area contributed by atoms with E-state index in [0.29, 0.717) is 24.4 Å². The molecule has 3 rings (SSSR count). The number of carbonyl (C=O) groups excluding carboxylic acids is 1. The van der Waals surface area contributed by atoms with E-state index in [1.807, 2.05) is 6.92 Å². The fraction of sp³-hybridized carbons (Fsp3) is 0.389. The lowest BCUT2D eigenvalue weighted by atomic mass is 9.94. The van der Waals surface area contributed by atoms with Gasteiger partial charge in [0.1, 0.15) is 5.75 Å². The Bertz CT molecular complexity index is 852. The summed E-state index contributed by atoms with van der Waals surface area (Å²) in [5, 5.41) is 6.89. The van der Waals surface area contributed by atoms with Gasteiger partial charge < -0.3 is 19.7 Å². The van der Waals surface area contributed by atoms with Crippen LogP contribution >= 0.6 is 0 Å². The van der Waals surface area contributed by atoms with Gasteiger partial charge in [0.25, 0.3) is 17.9 Å². The number of aromatic nitrogens is 3. The van der Waals surface area contributed by atoms with Crippen LogP contribution in [0.2, 0.25) is 0 Å². The number of hydrogen-bond acceptors (Lipinski definition) is 6. The number of aryl methyl sites for hydroxylation is 1. The van der Waals surface area contributed by atoms with Crippen LogP contribution in [0.4, 0.5) is 0 Å². The summed E-state index contributed by atoms with van der Waals surface area (Å²) in [4.78, 5) is 45.5. The predicted molar refractivity (Wildman–Crippen MR) is 97.0 cm³/mol. The normalized spacial score (nSPS) is 16.1. The van der Waals surface area contributed by atoms with Crippen molar-refractivity contribution in [2.45, 2.75) is 25.7 Å². The first-order valence-corrected chi connectivity index (χ1v) is 8.42. The van der Waals surface area contributed by atoms with Crippen molar-refractivity contribution >= 4 is 12.4 Å². The summed E-state index contributed by atoms with van der Waals surface area (Å²) in [6.07, 6.45) is 4.76. The summed E-state index contributed by atoms with van der Waals surface area (Å²) in [7, 11) is 1.53. The number of pyridine rings is 1. The van der Waals surface area contributed by atoms with E-state index >= 15 is 0 Å². The van der Waals surface area contributed by atoms with E-state index in [1.165, 1.54) is 19.5 Å². The largest absolute Gasteiger partial charge is 0.494 e. The van der Waals surface area contributed by atoms with Gasteiger partial charge in [-0.25, -0.2) is 4.98 Å². The van der Waals surface area contributed by atoms with Gasteiger partial charge in [-0.1, -0.05) is 0 Å². The average Bonchev–Trinajstić information content (AvgIpc) is 2.68. The van der Waals surface area contributed by atoms with E-state index in [4.69, 9.17) is 14.6 Å². The van der Waals surface area contributed by atoms with Crippen LogP contribution in [0, 0.1) is 6.92 Å². The zero-order chi connectivity index (χ0) is 19.8. The molecule has 2 N–H and O–H groups in total. The fourth-order valence-electron chi connectivity index (χ4n) is 3.06. The van der Waals surface area contributed by atoms with Crippen LogP contribution in [0.1, 0.15) is 40.5 Å². The minimum Gasteiger partial charge on any atom is -0.494 e. The molecule has 0 radical (unpaired) electrons. The number of nitrogens with zero attached hydrogens (tertiary/aromatic N) is 3. The predicted octanol–water partition coefficient (Wildman–Crippen LogP) is 1.20. The number of amides is 1. The van der Waals surface area contributed by atoms with E-state index in [2.05, 4.69) is 15.0 Å². The van der Waals surface area contributed by atoms with Gasteiger partial charge in [-0.05, 0) is 25.8 Å². The van der Waals surface area contributed by atoms with Crippen molar-refractivity contribution < 1.29 is 19.4 Å². The van der Waals surface area contributed by atoms with Crippen LogP contribution in [-0.4, -0.2) is 57.5 Å². The van der Waals surface area contributed by atoms with Crippen LogP contribution in [0.3, 0.4) is 0 Å². The van der Waals surface area contributed by atoms with Gasteiger partial charge in [0.2, 0.25) is 0 Å². The Hall–Kier alpha value is -3.23. The highest BCUT2D eigenvalue weighted by Crippen LogP contribution is 2.27. The Labute approximate surface area is 156 Å². The van der Waals surface area contributed by atoms with Crippen molar-refractivity contribution in [2.24, 2.45) is 0 Å². The van der Waals surface area contributed by atoms with Crippen molar-refractivity contribution in [3.63, 3.8) is 0 Å². The summed E-state index contributed by atoms with van der Waals surface area (Å²) >= 11 is 0. The number of H-pyrrole nitrogens is 1. The Balaban J connectivity index is 0.000000817. The number of methoxy groups -OCH3 is 1. The lowest BCUT2D eigenvalue weighted by Crippen LogP contribution is -2.39. The van der Waals surface area contributed by atoms with E-state index in [9.17, 15) is 9.59 Å². The second-order valence-electron chi connectivity index (χ2n) is 6.06. The molecule has 1 aliphatic heterocycles. The number of carboxylic acid groups (broad SMARTS) is 1. The molecular weight excluding hydrogens is 352 g/mol. The third-order valence-electron chi connectivity index (χ3n) is 4.28. The van der Waals surface area contributed by atoms with E-state index in [-0.39, 0.29) is 23.9 Å². The Morgan fingerprint density at radius 1 is 1.41 bits per heavy atom. The maximum absolute atomic E-state index is 12.9. The number of nitrogens with one attached hydrogen (secondary N) is 1. The van der Waals surface area contributed by atoms with Crippen LogP contribution in [-0.2, 0) is 4.79 Å². The van der Waals surface area contributed by atoms with Crippen molar-refractivity contribution in [1.82, 2.24) is 19.9 Å². The number of rotatable bonds is 3. The minimum atomic E-state index is -0.250. The van der Waals surface area contributed by atoms with E-state index < -0.39 is 0 Å². The number of piperidine rings is 1. The SMILES string of the molecule is COc1cnc(C)cc1C(=O)N1CCCC(c2cc(=O)[nH]cn2)C1.O=CO. The van der Waals surface area contributed by atoms with Crippen LogP contribution in [0.15, 0.2) is 29.5 Å². The van der Waals surface area contributed by atoms with E-state index in [0.717, 1.165) is 24.2 Å². The van der Waals surface area contributed by atoms with Crippen molar-refractivity contribution in [1.29, 1.82) is 0 Å². The second kappa shape index (κ2) is 9.46. The molecule has 0 saturated carbocycles. The fourth-order valence-corrected chi connectivity index (χ4v) is 3.06. The molecule has 0 spiro atoms. The molecule has 144 valence electrons. The van der Waals surface area contributed by atoms with Gasteiger partial charge in [-0.15, -0.1) is 0 Å². The molecule has 0 bridgehead atoms. The Kier molecular flexibility index (Phi) is 7.04. The van der Waals surface area contributed by atoms with Crippen LogP contribution in [0.25, 0.3) is 0 Å². The quantitative estimate of drug-likeness (QED) is 0.773. The minimum absolute atomic E-state index is 0.0685. The molecule has 2 aromatic rings. The third-order valence-corrected chi connectivity index (χ3v) is 4.28. The zero-order valence-corrected chi connectivity index (χ0v) is 15.2. The summed E-state index contributed by atoms with van der Waals surface area (Å²) in [5.41, 5.74) is 1.84. The number of hydrogen-bond donors (Lipinski definition) is 2. The molecule has 1 atom stereocenters. The average molecular weight is 374 g/mol. The van der Waals surface area contributed by atoms with Crippen LogP contribution < -0.4 is 10.3 Å². The number of ether oxygens (including phenoxy) is 1. The molecule has 1 amide bonds. The van der Waals surface area contributed by atoms with E-state index in [1.54, 1.807) is 17.2 Å². The first kappa shape index (κ1) is 20.1. The molecule has 0 aliphatic carbocycles. The topological polar surface area (TPSA) is 125 Å². The van der Waals surface area contributed by atoms with Crippen molar-refractivity contribution in [3.05, 3.63) is 52.0 Å². The maximum atomic E-state index is 12.9. The molecule has 2 aromatic heterocycles. The van der Waals surface area contributed by atoms with Crippen molar-refractivity contribution in [2.75, 3.05) is 20.2 Å². The highest BCUT2D eigenvalue weighted by molar-refractivity contribution is 5.97. The third kappa shape index (κ3) is 5.13. The lowest BCUT2D eigenvalue weighted by Gasteiger charge is -2.32. The summed E-state index contributed by atoms with van der Waals surface area (Å²) in [5.74, 6) is 0.466. The molecule has 9 nitrogen and oxygen atoms in total. The van der Waals surface area contributed by atoms with Gasteiger partial charge in [0.15, 0.2) is 0 Å². The molecule has 9 heteroatoms. The van der Waals surface area contributed by atoms with Gasteiger partial charge in [-0.2, -0.15) is 0 Å². The number of carbonyl (C=O) groups is 2. The molecule has 27 heavy (non-hydrogen) atoms. The number of aromatic amines is 1. The smallest absolute Gasteiger partial charge is 0.290 e. The van der Waals surface area contributed by atoms with Crippen LogP contribution in [0.5, 0.6) is 5.75 Å². The highest BCUT2D eigenvalue weighted by Gasteiger charge is 2.28. The summed E-state index contributed by atoms with van der Waals surface area (Å²) < 4.78 is 5.27. The molecule has 1 saturated heterocycles. The first-order valence-electron chi connectivity index (χ1n) is 8.42. The highest BCUT2D eigenvalue weighted by atomic mass is 16.5. The lowest BCUT2D eigenvalue weighted by molar-refractivity contribution is -0.122. The molecule has 1 unspecified atom stereocenters. The van der Waals surface area contributed by atoms with Gasteiger partial charge >= 0.3 is 0 Å². The monoisotopic (exact) mass is 374 g/mol. The Morgan fingerprint density at radius 2 is 2.15 bits per heavy atom. The second-order valence-corrected chi connectivity index (χ2v) is 6.06. The summed E-state index contributed by atoms with van der Waals surface area (Å²) in [6, 6.07) is 3.26. The molecule has 1 fully saturated rings. The molecular formula is C18H22N4O5. The Morgan fingerprint density at radius 3 is 2.81 bits per heavy atom.